The minimum absolute atomic E-state index is 0.0609. The molecule has 0 radical (unpaired) electrons. The zero-order valence-corrected chi connectivity index (χ0v) is 14.1. The lowest BCUT2D eigenvalue weighted by Gasteiger charge is -2.47. The van der Waals surface area contributed by atoms with Crippen molar-refractivity contribution in [3.05, 3.63) is 35.5 Å². The lowest BCUT2D eigenvalue weighted by molar-refractivity contribution is -0.125. The van der Waals surface area contributed by atoms with E-state index in [2.05, 4.69) is 13.0 Å². The molecule has 2 heterocycles. The van der Waals surface area contributed by atoms with Crippen molar-refractivity contribution >= 4 is 23.4 Å². The monoisotopic (exact) mass is 326 g/mol. The van der Waals surface area contributed by atoms with Crippen LogP contribution < -0.4 is 0 Å². The molecule has 0 N–H and O–H groups in total. The SMILES string of the molecule is CC[C@H]1[C@@H]2CCN(C=O)[C@H]1c1c(n(C(=O)OC)c3ccccc13)C2. The van der Waals surface area contributed by atoms with Crippen LogP contribution >= 0.6 is 0 Å². The Morgan fingerprint density at radius 2 is 2.17 bits per heavy atom. The Kier molecular flexibility index (Phi) is 3.59. The van der Waals surface area contributed by atoms with Gasteiger partial charge >= 0.3 is 6.09 Å². The summed E-state index contributed by atoms with van der Waals surface area (Å²) in [6.07, 6.45) is 3.54. The number of rotatable bonds is 2. The van der Waals surface area contributed by atoms with E-state index in [1.165, 1.54) is 7.11 Å². The molecular weight excluding hydrogens is 304 g/mol. The number of carbonyl (C=O) groups is 2. The highest BCUT2D eigenvalue weighted by atomic mass is 16.5. The van der Waals surface area contributed by atoms with Gasteiger partial charge in [-0.1, -0.05) is 31.5 Å². The summed E-state index contributed by atoms with van der Waals surface area (Å²) in [5.74, 6) is 0.963. The van der Waals surface area contributed by atoms with Crippen molar-refractivity contribution in [2.45, 2.75) is 32.2 Å². The number of aromatic nitrogens is 1. The molecule has 126 valence electrons. The van der Waals surface area contributed by atoms with E-state index < -0.39 is 0 Å². The van der Waals surface area contributed by atoms with E-state index >= 15 is 0 Å². The van der Waals surface area contributed by atoms with Crippen molar-refractivity contribution in [1.29, 1.82) is 0 Å². The summed E-state index contributed by atoms with van der Waals surface area (Å²) in [7, 11) is 1.42. The van der Waals surface area contributed by atoms with Gasteiger partial charge in [0.25, 0.3) is 0 Å². The lowest BCUT2D eigenvalue weighted by atomic mass is 9.68. The third kappa shape index (κ3) is 1.93. The summed E-state index contributed by atoms with van der Waals surface area (Å²) < 4.78 is 6.75. The van der Waals surface area contributed by atoms with Gasteiger partial charge in [0, 0.05) is 23.2 Å². The number of fused-ring (bicyclic) bond motifs is 6. The summed E-state index contributed by atoms with van der Waals surface area (Å²) in [6, 6.07) is 8.00. The molecule has 4 rings (SSSR count). The summed E-state index contributed by atoms with van der Waals surface area (Å²) in [4.78, 5) is 26.1. The fraction of sp³-hybridized carbons (Fsp3) is 0.474. The molecule has 24 heavy (non-hydrogen) atoms. The highest BCUT2D eigenvalue weighted by Gasteiger charge is 2.45. The average molecular weight is 326 g/mol. The number of hydrogen-bond acceptors (Lipinski definition) is 3. The Morgan fingerprint density at radius 3 is 2.88 bits per heavy atom. The fourth-order valence-electron chi connectivity index (χ4n) is 4.88. The molecule has 2 aromatic rings. The van der Waals surface area contributed by atoms with E-state index in [4.69, 9.17) is 4.74 Å². The first-order valence-electron chi connectivity index (χ1n) is 8.62. The number of methoxy groups -OCH3 is 1. The number of likely N-dealkylation sites (tertiary alicyclic amines) is 1. The molecule has 1 aliphatic heterocycles. The zero-order valence-electron chi connectivity index (χ0n) is 14.1. The lowest BCUT2D eigenvalue weighted by Crippen LogP contribution is -2.46. The van der Waals surface area contributed by atoms with Crippen molar-refractivity contribution in [1.82, 2.24) is 9.47 Å². The van der Waals surface area contributed by atoms with Crippen LogP contribution in [0.5, 0.6) is 0 Å². The summed E-state index contributed by atoms with van der Waals surface area (Å²) >= 11 is 0. The highest BCUT2D eigenvalue weighted by molar-refractivity contribution is 5.94. The molecule has 2 bridgehead atoms. The second kappa shape index (κ2) is 5.65. The average Bonchev–Trinajstić information content (AvgIpc) is 2.94. The van der Waals surface area contributed by atoms with Gasteiger partial charge in [0.2, 0.25) is 6.41 Å². The number of para-hydroxylation sites is 1. The second-order valence-electron chi connectivity index (χ2n) is 6.80. The van der Waals surface area contributed by atoms with Crippen LogP contribution in [0.2, 0.25) is 0 Å². The van der Waals surface area contributed by atoms with Gasteiger partial charge in [-0.3, -0.25) is 4.79 Å². The van der Waals surface area contributed by atoms with Crippen LogP contribution in [-0.4, -0.2) is 35.6 Å². The van der Waals surface area contributed by atoms with E-state index in [-0.39, 0.29) is 12.1 Å². The van der Waals surface area contributed by atoms with E-state index in [0.717, 1.165) is 54.4 Å². The molecule has 0 spiro atoms. The van der Waals surface area contributed by atoms with Crippen LogP contribution in [0.4, 0.5) is 4.79 Å². The highest BCUT2D eigenvalue weighted by Crippen LogP contribution is 2.50. The number of amides is 1. The Bertz CT molecular complexity index is 810. The van der Waals surface area contributed by atoms with Crippen LogP contribution in [0, 0.1) is 11.8 Å². The topological polar surface area (TPSA) is 51.5 Å². The van der Waals surface area contributed by atoms with Gasteiger partial charge in [0.05, 0.1) is 18.7 Å². The summed E-state index contributed by atoms with van der Waals surface area (Å²) in [5, 5.41) is 1.06. The van der Waals surface area contributed by atoms with Gasteiger partial charge in [-0.15, -0.1) is 0 Å². The van der Waals surface area contributed by atoms with Crippen LogP contribution in [0.1, 0.15) is 37.1 Å². The van der Waals surface area contributed by atoms with Crippen molar-refractivity contribution in [3.63, 3.8) is 0 Å². The van der Waals surface area contributed by atoms with E-state index in [9.17, 15) is 9.59 Å². The molecule has 0 unspecified atom stereocenters. The van der Waals surface area contributed by atoms with E-state index in [1.807, 2.05) is 23.1 Å². The smallest absolute Gasteiger partial charge is 0.418 e. The van der Waals surface area contributed by atoms with Gasteiger partial charge in [0.1, 0.15) is 0 Å². The molecule has 1 aliphatic carbocycles. The second-order valence-corrected chi connectivity index (χ2v) is 6.80. The predicted octanol–water partition coefficient (Wildman–Crippen LogP) is 3.36. The molecule has 3 atom stereocenters. The number of benzene rings is 1. The number of piperidine rings is 1. The Morgan fingerprint density at radius 1 is 1.38 bits per heavy atom. The third-order valence-electron chi connectivity index (χ3n) is 5.86. The number of carbonyl (C=O) groups excluding carboxylic acids is 2. The molecule has 1 amide bonds. The Balaban J connectivity index is 2.03. The van der Waals surface area contributed by atoms with Gasteiger partial charge in [-0.05, 0) is 30.7 Å². The van der Waals surface area contributed by atoms with Crippen molar-refractivity contribution in [2.75, 3.05) is 13.7 Å². The maximum absolute atomic E-state index is 12.4. The first-order chi connectivity index (χ1) is 11.7. The number of ether oxygens (including phenoxy) is 1. The Labute approximate surface area is 141 Å². The van der Waals surface area contributed by atoms with Gasteiger partial charge in [-0.2, -0.15) is 0 Å². The maximum Gasteiger partial charge on any atom is 0.418 e. The molecule has 5 nitrogen and oxygen atoms in total. The number of hydrogen-bond donors (Lipinski definition) is 0. The zero-order chi connectivity index (χ0) is 16.8. The summed E-state index contributed by atoms with van der Waals surface area (Å²) in [5.41, 5.74) is 3.04. The molecule has 5 heteroatoms. The van der Waals surface area contributed by atoms with Crippen molar-refractivity contribution in [2.24, 2.45) is 11.8 Å². The van der Waals surface area contributed by atoms with Crippen molar-refractivity contribution in [3.8, 4) is 0 Å². The fourth-order valence-corrected chi connectivity index (χ4v) is 4.88. The van der Waals surface area contributed by atoms with Crippen LogP contribution in [0.25, 0.3) is 10.9 Å². The summed E-state index contributed by atoms with van der Waals surface area (Å²) in [6.45, 7) is 3.00. The quantitative estimate of drug-likeness (QED) is 0.795. The van der Waals surface area contributed by atoms with E-state index in [1.54, 1.807) is 4.57 Å². The van der Waals surface area contributed by atoms with Crippen molar-refractivity contribution < 1.29 is 14.3 Å². The first-order valence-corrected chi connectivity index (χ1v) is 8.62. The minimum Gasteiger partial charge on any atom is -0.452 e. The van der Waals surface area contributed by atoms with Gasteiger partial charge in [0.15, 0.2) is 0 Å². The normalized spacial score (nSPS) is 25.4. The molecule has 1 aromatic carbocycles. The molecule has 0 saturated carbocycles. The standard InChI is InChI=1S/C19H22N2O3/c1-3-13-12-8-9-20(11-22)18(13)17-14-6-4-5-7-15(14)21(16(17)10-12)19(23)24-2/h4-7,11-13,18H,3,8-10H2,1-2H3/t12-,13+,18-/m1/s1. The maximum atomic E-state index is 12.4. The van der Waals surface area contributed by atoms with Crippen LogP contribution in [-0.2, 0) is 16.0 Å². The molecule has 1 fully saturated rings. The largest absolute Gasteiger partial charge is 0.452 e. The van der Waals surface area contributed by atoms with Crippen LogP contribution in [0.15, 0.2) is 24.3 Å². The Hall–Kier alpha value is -2.30. The van der Waals surface area contributed by atoms with Gasteiger partial charge < -0.3 is 9.64 Å². The van der Waals surface area contributed by atoms with Crippen LogP contribution in [0.3, 0.4) is 0 Å². The molecule has 1 aromatic heterocycles. The van der Waals surface area contributed by atoms with E-state index in [0.29, 0.717) is 11.8 Å². The number of nitrogens with zero attached hydrogens (tertiary/aromatic N) is 2. The third-order valence-corrected chi connectivity index (χ3v) is 5.86. The molecule has 2 aliphatic rings. The first kappa shape index (κ1) is 15.2. The molecule has 1 saturated heterocycles. The minimum atomic E-state index is -0.349. The molecular formula is C19H22N2O3. The van der Waals surface area contributed by atoms with Gasteiger partial charge in [-0.25, -0.2) is 9.36 Å². The predicted molar refractivity (Wildman–Crippen MR) is 90.8 cm³/mol.